The fourth-order valence-corrected chi connectivity index (χ4v) is 3.69. The number of pyridine rings is 2. The first-order valence-electron chi connectivity index (χ1n) is 10.4. The van der Waals surface area contributed by atoms with Crippen molar-refractivity contribution in [1.29, 1.82) is 0 Å². The van der Waals surface area contributed by atoms with Crippen LogP contribution in [0.25, 0.3) is 16.5 Å². The van der Waals surface area contributed by atoms with E-state index < -0.39 is 0 Å². The van der Waals surface area contributed by atoms with Crippen LogP contribution in [0.1, 0.15) is 17.7 Å². The molecule has 0 N–H and O–H groups in total. The van der Waals surface area contributed by atoms with Gasteiger partial charge >= 0.3 is 0 Å². The minimum Gasteiger partial charge on any atom is -0.489 e. The minimum atomic E-state index is -0.288. The maximum atomic E-state index is 13.0. The first-order chi connectivity index (χ1) is 15.1. The van der Waals surface area contributed by atoms with Gasteiger partial charge in [0.2, 0.25) is 0 Å². The van der Waals surface area contributed by atoms with Crippen LogP contribution in [0.15, 0.2) is 77.9 Å². The van der Waals surface area contributed by atoms with E-state index in [4.69, 9.17) is 4.74 Å². The summed E-state index contributed by atoms with van der Waals surface area (Å²) >= 11 is 0. The molecule has 1 saturated heterocycles. The molecule has 5 rings (SSSR count). The zero-order chi connectivity index (χ0) is 21.2. The molecule has 0 aliphatic carbocycles. The Morgan fingerprint density at radius 1 is 0.968 bits per heavy atom. The molecule has 0 spiro atoms. The quantitative estimate of drug-likeness (QED) is 0.471. The lowest BCUT2D eigenvalue weighted by Crippen LogP contribution is -2.36. The van der Waals surface area contributed by atoms with Gasteiger partial charge < -0.3 is 4.74 Å². The maximum absolute atomic E-state index is 13.0. The van der Waals surface area contributed by atoms with Crippen molar-refractivity contribution in [2.24, 2.45) is 0 Å². The van der Waals surface area contributed by atoms with E-state index in [9.17, 15) is 9.18 Å². The Morgan fingerprint density at radius 3 is 2.55 bits per heavy atom. The summed E-state index contributed by atoms with van der Waals surface area (Å²) in [6.45, 7) is 3.44. The van der Waals surface area contributed by atoms with Gasteiger partial charge in [0.15, 0.2) is 0 Å². The van der Waals surface area contributed by atoms with Gasteiger partial charge in [0.05, 0.1) is 5.69 Å². The number of rotatable bonds is 6. The third kappa shape index (κ3) is 4.34. The molecule has 2 aromatic carbocycles. The second-order valence-electron chi connectivity index (χ2n) is 7.82. The molecular weight excluding hydrogens is 393 g/mol. The van der Waals surface area contributed by atoms with E-state index >= 15 is 0 Å². The average Bonchev–Trinajstić information content (AvgIpc) is 2.75. The summed E-state index contributed by atoms with van der Waals surface area (Å²) in [4.78, 5) is 19.6. The molecule has 0 amide bonds. The van der Waals surface area contributed by atoms with Gasteiger partial charge in [-0.2, -0.15) is 0 Å². The molecule has 0 saturated carbocycles. The summed E-state index contributed by atoms with van der Waals surface area (Å²) < 4.78 is 20.3. The van der Waals surface area contributed by atoms with E-state index in [1.165, 1.54) is 24.6 Å². The molecule has 31 heavy (non-hydrogen) atoms. The Balaban J connectivity index is 1.33. The Hall–Kier alpha value is -3.51. The van der Waals surface area contributed by atoms with E-state index in [0.29, 0.717) is 5.75 Å². The van der Waals surface area contributed by atoms with Crippen LogP contribution in [-0.4, -0.2) is 27.5 Å². The van der Waals surface area contributed by atoms with Crippen LogP contribution in [0.2, 0.25) is 0 Å². The topological polar surface area (TPSA) is 47.4 Å². The van der Waals surface area contributed by atoms with Gasteiger partial charge in [-0.25, -0.2) is 4.39 Å². The van der Waals surface area contributed by atoms with Crippen molar-refractivity contribution in [3.8, 4) is 11.4 Å². The second-order valence-corrected chi connectivity index (χ2v) is 7.82. The molecule has 5 nitrogen and oxygen atoms in total. The third-order valence-electron chi connectivity index (χ3n) is 5.58. The highest BCUT2D eigenvalue weighted by molar-refractivity contribution is 5.84. The predicted molar refractivity (Wildman–Crippen MR) is 118 cm³/mol. The number of fused-ring (bicyclic) bond motifs is 1. The number of ether oxygens (including phenoxy) is 1. The van der Waals surface area contributed by atoms with Crippen molar-refractivity contribution in [2.75, 3.05) is 13.1 Å². The molecule has 0 radical (unpaired) electrons. The van der Waals surface area contributed by atoms with Crippen LogP contribution in [0.5, 0.6) is 5.75 Å². The van der Waals surface area contributed by atoms with Crippen LogP contribution in [0.4, 0.5) is 4.39 Å². The highest BCUT2D eigenvalue weighted by atomic mass is 19.1. The molecular formula is C25H22FN3O2. The van der Waals surface area contributed by atoms with Crippen LogP contribution in [-0.2, 0) is 13.2 Å². The summed E-state index contributed by atoms with van der Waals surface area (Å²) in [5.41, 5.74) is 2.50. The molecule has 3 heterocycles. The van der Waals surface area contributed by atoms with Crippen molar-refractivity contribution in [2.45, 2.75) is 19.6 Å². The van der Waals surface area contributed by atoms with Crippen LogP contribution >= 0.6 is 0 Å². The molecule has 2 aromatic heterocycles. The summed E-state index contributed by atoms with van der Waals surface area (Å²) in [5.74, 6) is 0.188. The number of likely N-dealkylation sites (tertiary alicyclic amines) is 1. The Labute approximate surface area is 179 Å². The van der Waals surface area contributed by atoms with Crippen molar-refractivity contribution >= 4 is 10.8 Å². The van der Waals surface area contributed by atoms with Crippen molar-refractivity contribution < 1.29 is 9.13 Å². The highest BCUT2D eigenvalue weighted by Gasteiger charge is 2.14. The zero-order valence-electron chi connectivity index (χ0n) is 17.0. The summed E-state index contributed by atoms with van der Waals surface area (Å²) in [7, 11) is 0. The molecule has 1 aliphatic heterocycles. The van der Waals surface area contributed by atoms with E-state index in [2.05, 4.69) is 16.0 Å². The summed E-state index contributed by atoms with van der Waals surface area (Å²) in [6, 6.07) is 17.4. The largest absolute Gasteiger partial charge is 0.489 e. The Bertz CT molecular complexity index is 1280. The SMILES string of the molecule is O=c1cc(OCc2ccc(F)cc2)ccn1-c1ccc2cc(CN3CCC3)ncc2c1. The molecule has 4 aromatic rings. The van der Waals surface area contributed by atoms with Crippen molar-refractivity contribution in [3.05, 3.63) is 100 Å². The lowest BCUT2D eigenvalue weighted by Gasteiger charge is -2.30. The highest BCUT2D eigenvalue weighted by Crippen LogP contribution is 2.20. The number of nitrogens with zero attached hydrogens (tertiary/aromatic N) is 3. The third-order valence-corrected chi connectivity index (χ3v) is 5.58. The number of halogens is 1. The van der Waals surface area contributed by atoms with Crippen LogP contribution in [0.3, 0.4) is 0 Å². The normalized spacial score (nSPS) is 13.8. The molecule has 1 fully saturated rings. The van der Waals surface area contributed by atoms with Gasteiger partial charge in [0.1, 0.15) is 18.2 Å². The lowest BCUT2D eigenvalue weighted by atomic mass is 10.1. The molecule has 0 unspecified atom stereocenters. The first kappa shape index (κ1) is 19.5. The minimum absolute atomic E-state index is 0.182. The number of aromatic nitrogens is 2. The maximum Gasteiger partial charge on any atom is 0.258 e. The van der Waals surface area contributed by atoms with Gasteiger partial charge in [-0.05, 0) is 66.9 Å². The van der Waals surface area contributed by atoms with Gasteiger partial charge in [-0.15, -0.1) is 0 Å². The Kier molecular flexibility index (Phi) is 5.22. The van der Waals surface area contributed by atoms with Crippen molar-refractivity contribution in [3.63, 3.8) is 0 Å². The first-order valence-corrected chi connectivity index (χ1v) is 10.4. The fraction of sp³-hybridized carbons (Fsp3) is 0.200. The molecule has 0 bridgehead atoms. The predicted octanol–water partition coefficient (Wildman–Crippen LogP) is 4.31. The molecule has 6 heteroatoms. The average molecular weight is 415 g/mol. The number of benzene rings is 2. The summed E-state index contributed by atoms with van der Waals surface area (Å²) in [6.07, 6.45) is 4.84. The molecule has 0 atom stereocenters. The van der Waals surface area contributed by atoms with Crippen LogP contribution < -0.4 is 10.3 Å². The second kappa shape index (κ2) is 8.32. The smallest absolute Gasteiger partial charge is 0.258 e. The lowest BCUT2D eigenvalue weighted by molar-refractivity contribution is 0.170. The summed E-state index contributed by atoms with van der Waals surface area (Å²) in [5, 5.41) is 2.11. The monoisotopic (exact) mass is 415 g/mol. The van der Waals surface area contributed by atoms with E-state index in [1.54, 1.807) is 29.0 Å². The number of hydrogen-bond donors (Lipinski definition) is 0. The van der Waals surface area contributed by atoms with E-state index in [1.807, 2.05) is 24.4 Å². The zero-order valence-corrected chi connectivity index (χ0v) is 17.0. The fourth-order valence-electron chi connectivity index (χ4n) is 3.69. The van der Waals surface area contributed by atoms with Gasteiger partial charge in [0, 0.05) is 36.1 Å². The Morgan fingerprint density at radius 2 is 1.81 bits per heavy atom. The van der Waals surface area contributed by atoms with Crippen LogP contribution in [0, 0.1) is 5.82 Å². The molecule has 1 aliphatic rings. The van der Waals surface area contributed by atoms with E-state index in [0.717, 1.165) is 47.4 Å². The standard InChI is InChI=1S/C25H22FN3O2/c26-21-5-2-18(3-6-21)17-31-24-8-11-29(25(30)14-24)23-7-4-19-12-22(16-28-9-1-10-28)27-15-20(19)13-23/h2-8,11-15H,1,9-10,16-17H2. The van der Waals surface area contributed by atoms with Gasteiger partial charge in [-0.3, -0.25) is 19.2 Å². The van der Waals surface area contributed by atoms with Gasteiger partial charge in [0.25, 0.3) is 5.56 Å². The molecule has 156 valence electrons. The van der Waals surface area contributed by atoms with Crippen molar-refractivity contribution in [1.82, 2.24) is 14.5 Å². The number of hydrogen-bond acceptors (Lipinski definition) is 4. The van der Waals surface area contributed by atoms with E-state index in [-0.39, 0.29) is 18.0 Å². The van der Waals surface area contributed by atoms with Gasteiger partial charge in [-0.1, -0.05) is 18.2 Å².